The van der Waals surface area contributed by atoms with Crippen LogP contribution >= 0.6 is 11.6 Å². The number of aryl methyl sites for hydroxylation is 1. The molecule has 2 heterocycles. The minimum atomic E-state index is -0.0949. The molecule has 180 valence electrons. The number of benzene rings is 2. The molecule has 0 unspecified atom stereocenters. The van der Waals surface area contributed by atoms with Crippen LogP contribution in [0, 0.1) is 0 Å². The minimum Gasteiger partial charge on any atom is -0.492 e. The average molecular weight is 483 g/mol. The summed E-state index contributed by atoms with van der Waals surface area (Å²) in [6.45, 7) is 7.39. The van der Waals surface area contributed by atoms with Gasteiger partial charge in [-0.05, 0) is 55.8 Å². The van der Waals surface area contributed by atoms with Gasteiger partial charge in [-0.1, -0.05) is 23.7 Å². The summed E-state index contributed by atoms with van der Waals surface area (Å²) in [6.07, 6.45) is 2.47. The standard InChI is InChI=1S/C26H31ClN4O3/c1-18-16-31(17-19(2)34-18)12-13-33-25-9-8-22(15-23(25)24-10-11-28-30(24)3)29-26(32)14-20-4-6-21(27)7-5-20/h4-11,15,18-19H,12-14,16-17H2,1-3H3,(H,29,32)/t18-,19+. The summed E-state index contributed by atoms with van der Waals surface area (Å²) in [6, 6.07) is 14.9. The van der Waals surface area contributed by atoms with Crippen LogP contribution in [0.15, 0.2) is 54.7 Å². The van der Waals surface area contributed by atoms with Crippen molar-refractivity contribution in [3.8, 4) is 17.0 Å². The molecule has 7 nitrogen and oxygen atoms in total. The van der Waals surface area contributed by atoms with Crippen LogP contribution in [-0.2, 0) is 23.0 Å². The van der Waals surface area contributed by atoms with Gasteiger partial charge < -0.3 is 14.8 Å². The third-order valence-corrected chi connectivity index (χ3v) is 6.05. The van der Waals surface area contributed by atoms with Gasteiger partial charge in [0.2, 0.25) is 5.91 Å². The summed E-state index contributed by atoms with van der Waals surface area (Å²) in [5.74, 6) is 0.663. The second kappa shape index (κ2) is 11.0. The van der Waals surface area contributed by atoms with E-state index in [2.05, 4.69) is 29.2 Å². The van der Waals surface area contributed by atoms with E-state index in [-0.39, 0.29) is 24.5 Å². The van der Waals surface area contributed by atoms with Gasteiger partial charge in [0.1, 0.15) is 12.4 Å². The van der Waals surface area contributed by atoms with Gasteiger partial charge in [0, 0.05) is 49.2 Å². The molecule has 2 aromatic carbocycles. The van der Waals surface area contributed by atoms with E-state index < -0.39 is 0 Å². The zero-order valence-corrected chi connectivity index (χ0v) is 20.6. The van der Waals surface area contributed by atoms with Crippen LogP contribution in [0.3, 0.4) is 0 Å². The van der Waals surface area contributed by atoms with Gasteiger partial charge in [-0.25, -0.2) is 0 Å². The number of carbonyl (C=O) groups excluding carboxylic acids is 1. The van der Waals surface area contributed by atoms with Crippen LogP contribution in [-0.4, -0.2) is 59.0 Å². The molecule has 0 bridgehead atoms. The lowest BCUT2D eigenvalue weighted by Gasteiger charge is -2.35. The van der Waals surface area contributed by atoms with Gasteiger partial charge in [-0.2, -0.15) is 5.10 Å². The van der Waals surface area contributed by atoms with Gasteiger partial charge in [0.15, 0.2) is 0 Å². The highest BCUT2D eigenvalue weighted by Gasteiger charge is 2.22. The fraction of sp³-hybridized carbons (Fsp3) is 0.385. The Morgan fingerprint density at radius 2 is 1.88 bits per heavy atom. The van der Waals surface area contributed by atoms with Crippen molar-refractivity contribution >= 4 is 23.2 Å². The van der Waals surface area contributed by atoms with Crippen LogP contribution in [0.2, 0.25) is 5.02 Å². The normalized spacial score (nSPS) is 18.6. The molecule has 1 saturated heterocycles. The summed E-state index contributed by atoms with van der Waals surface area (Å²) in [5.41, 5.74) is 3.41. The predicted octanol–water partition coefficient (Wildman–Crippen LogP) is 4.41. The molecule has 2 atom stereocenters. The number of morpholine rings is 1. The summed E-state index contributed by atoms with van der Waals surface area (Å²) >= 11 is 5.94. The predicted molar refractivity (Wildman–Crippen MR) is 134 cm³/mol. The number of anilines is 1. The first kappa shape index (κ1) is 24.3. The Balaban J connectivity index is 1.45. The highest BCUT2D eigenvalue weighted by molar-refractivity contribution is 6.30. The van der Waals surface area contributed by atoms with Crippen molar-refractivity contribution in [3.63, 3.8) is 0 Å². The van der Waals surface area contributed by atoms with Crippen molar-refractivity contribution in [2.24, 2.45) is 7.05 Å². The minimum absolute atomic E-state index is 0.0949. The SMILES string of the molecule is C[C@@H]1CN(CCOc2ccc(NC(=O)Cc3ccc(Cl)cc3)cc2-c2ccnn2C)C[C@H](C)O1. The van der Waals surface area contributed by atoms with Crippen molar-refractivity contribution in [2.45, 2.75) is 32.5 Å². The van der Waals surface area contributed by atoms with E-state index in [9.17, 15) is 4.79 Å². The quantitative estimate of drug-likeness (QED) is 0.515. The first-order valence-electron chi connectivity index (χ1n) is 11.5. The molecule has 1 aliphatic heterocycles. The molecule has 8 heteroatoms. The maximum absolute atomic E-state index is 12.6. The number of ether oxygens (including phenoxy) is 2. The summed E-state index contributed by atoms with van der Waals surface area (Å²) in [7, 11) is 1.89. The van der Waals surface area contributed by atoms with Crippen molar-refractivity contribution in [1.82, 2.24) is 14.7 Å². The van der Waals surface area contributed by atoms with Crippen LogP contribution in [0.5, 0.6) is 5.75 Å². The molecule has 4 rings (SSSR count). The Kier molecular flexibility index (Phi) is 7.88. The lowest BCUT2D eigenvalue weighted by molar-refractivity contribution is -0.115. The van der Waals surface area contributed by atoms with Crippen LogP contribution in [0.25, 0.3) is 11.3 Å². The first-order valence-corrected chi connectivity index (χ1v) is 11.9. The van der Waals surface area contributed by atoms with Gasteiger partial charge in [-0.3, -0.25) is 14.4 Å². The summed E-state index contributed by atoms with van der Waals surface area (Å²) in [5, 5.41) is 7.94. The maximum Gasteiger partial charge on any atom is 0.228 e. The number of rotatable bonds is 8. The third kappa shape index (κ3) is 6.38. The van der Waals surface area contributed by atoms with Gasteiger partial charge in [0.25, 0.3) is 0 Å². The molecule has 0 saturated carbocycles. The number of hydrogen-bond donors (Lipinski definition) is 1. The highest BCUT2D eigenvalue weighted by Crippen LogP contribution is 2.32. The fourth-order valence-electron chi connectivity index (χ4n) is 4.32. The Labute approximate surface area is 205 Å². The van der Waals surface area contributed by atoms with Gasteiger partial charge in [-0.15, -0.1) is 0 Å². The molecule has 1 N–H and O–H groups in total. The van der Waals surface area contributed by atoms with Gasteiger partial charge >= 0.3 is 0 Å². The summed E-state index contributed by atoms with van der Waals surface area (Å²) < 4.78 is 13.8. The van der Waals surface area contributed by atoms with E-state index in [1.165, 1.54) is 0 Å². The smallest absolute Gasteiger partial charge is 0.228 e. The molecule has 1 aromatic heterocycles. The third-order valence-electron chi connectivity index (χ3n) is 5.80. The monoisotopic (exact) mass is 482 g/mol. The van der Waals surface area contributed by atoms with Crippen molar-refractivity contribution in [3.05, 3.63) is 65.3 Å². The number of hydrogen-bond acceptors (Lipinski definition) is 5. The molecule has 1 fully saturated rings. The molecule has 34 heavy (non-hydrogen) atoms. The van der Waals surface area contributed by atoms with E-state index >= 15 is 0 Å². The fourth-order valence-corrected chi connectivity index (χ4v) is 4.44. The Hall–Kier alpha value is -2.87. The van der Waals surface area contributed by atoms with Crippen molar-refractivity contribution in [2.75, 3.05) is 31.6 Å². The second-order valence-electron chi connectivity index (χ2n) is 8.77. The molecule has 0 aliphatic carbocycles. The number of amides is 1. The Bertz CT molecular complexity index is 1110. The molecule has 0 spiro atoms. The van der Waals surface area contributed by atoms with E-state index in [1.54, 1.807) is 23.0 Å². The molecule has 3 aromatic rings. The zero-order valence-electron chi connectivity index (χ0n) is 19.8. The van der Waals surface area contributed by atoms with Gasteiger partial charge in [0.05, 0.1) is 24.3 Å². The molecule has 1 aliphatic rings. The number of nitrogens with one attached hydrogen (secondary N) is 1. The topological polar surface area (TPSA) is 68.6 Å². The first-order chi connectivity index (χ1) is 16.4. The number of carbonyl (C=O) groups is 1. The van der Waals surface area contributed by atoms with Crippen molar-refractivity contribution < 1.29 is 14.3 Å². The summed E-state index contributed by atoms with van der Waals surface area (Å²) in [4.78, 5) is 15.0. The Morgan fingerprint density at radius 1 is 1.15 bits per heavy atom. The van der Waals surface area contributed by atoms with Crippen LogP contribution in [0.4, 0.5) is 5.69 Å². The molecule has 1 amide bonds. The lowest BCUT2D eigenvalue weighted by Crippen LogP contribution is -2.46. The highest BCUT2D eigenvalue weighted by atomic mass is 35.5. The number of aromatic nitrogens is 2. The van der Waals surface area contributed by atoms with Crippen LogP contribution < -0.4 is 10.1 Å². The van der Waals surface area contributed by atoms with Crippen molar-refractivity contribution in [1.29, 1.82) is 0 Å². The second-order valence-corrected chi connectivity index (χ2v) is 9.20. The molecular weight excluding hydrogens is 452 g/mol. The maximum atomic E-state index is 12.6. The van der Waals surface area contributed by atoms with E-state index in [4.69, 9.17) is 21.1 Å². The largest absolute Gasteiger partial charge is 0.492 e. The number of nitrogens with zero attached hydrogens (tertiary/aromatic N) is 3. The zero-order chi connectivity index (χ0) is 24.1. The molecular formula is C26H31ClN4O3. The molecule has 0 radical (unpaired) electrons. The van der Waals surface area contributed by atoms with E-state index in [0.29, 0.717) is 17.3 Å². The van der Waals surface area contributed by atoms with E-state index in [1.807, 2.05) is 43.4 Å². The average Bonchev–Trinajstić information content (AvgIpc) is 3.21. The Morgan fingerprint density at radius 3 is 2.56 bits per heavy atom. The van der Waals surface area contributed by atoms with Crippen LogP contribution in [0.1, 0.15) is 19.4 Å². The number of halogens is 1. The lowest BCUT2D eigenvalue weighted by atomic mass is 10.1. The van der Waals surface area contributed by atoms with E-state index in [0.717, 1.165) is 42.2 Å².